The summed E-state index contributed by atoms with van der Waals surface area (Å²) in [5, 5.41) is 12.4. The van der Waals surface area contributed by atoms with Crippen LogP contribution >= 0.6 is 0 Å². The molecule has 2 aromatic carbocycles. The Kier molecular flexibility index (Phi) is 14.1. The number of nitrogens with one attached hydrogen (secondary N) is 1. The molecule has 13 heteroatoms. The number of pyridine rings is 1. The Hall–Kier alpha value is -5.11. The van der Waals surface area contributed by atoms with Crippen molar-refractivity contribution in [1.29, 1.82) is 0 Å². The van der Waals surface area contributed by atoms with E-state index in [0.29, 0.717) is 49.7 Å². The lowest BCUT2D eigenvalue weighted by Crippen LogP contribution is -2.50. The second-order valence-corrected chi connectivity index (χ2v) is 13.7. The fourth-order valence-corrected chi connectivity index (χ4v) is 6.28. The van der Waals surface area contributed by atoms with Crippen LogP contribution < -0.4 is 15.8 Å². The molecule has 2 fully saturated rings. The summed E-state index contributed by atoms with van der Waals surface area (Å²) in [5.41, 5.74) is 9.16. The number of carboxylic acids is 1. The molecule has 0 saturated carbocycles. The molecule has 0 unspecified atom stereocenters. The Morgan fingerprint density at radius 1 is 1.04 bits per heavy atom. The van der Waals surface area contributed by atoms with Gasteiger partial charge in [0, 0.05) is 43.3 Å². The molecule has 0 aliphatic carbocycles. The number of carbonyl (C=O) groups excluding carboxylic acids is 3. The third kappa shape index (κ3) is 11.7. The highest BCUT2D eigenvalue weighted by Crippen LogP contribution is 2.24. The number of likely N-dealkylation sites (tertiary alicyclic amines) is 1. The average molecular weight is 728 g/mol. The number of fused-ring (bicyclic) bond motifs is 1. The van der Waals surface area contributed by atoms with Crippen LogP contribution in [0.15, 0.2) is 77.3 Å². The van der Waals surface area contributed by atoms with Crippen LogP contribution in [0.2, 0.25) is 0 Å². The zero-order valence-electron chi connectivity index (χ0n) is 30.4. The first-order valence-electron chi connectivity index (χ1n) is 18.1. The van der Waals surface area contributed by atoms with Crippen LogP contribution in [0, 0.1) is 5.92 Å². The number of ketones is 1. The van der Waals surface area contributed by atoms with Gasteiger partial charge in [-0.1, -0.05) is 38.1 Å². The van der Waals surface area contributed by atoms with Gasteiger partial charge in [-0.2, -0.15) is 0 Å². The molecule has 13 nitrogen and oxygen atoms in total. The van der Waals surface area contributed by atoms with Crippen molar-refractivity contribution in [3.05, 3.63) is 84.3 Å². The zero-order valence-corrected chi connectivity index (χ0v) is 30.4. The van der Waals surface area contributed by atoms with Crippen LogP contribution in [0.1, 0.15) is 49.2 Å². The van der Waals surface area contributed by atoms with Gasteiger partial charge in [0.05, 0.1) is 44.0 Å². The predicted molar refractivity (Wildman–Crippen MR) is 199 cm³/mol. The first-order valence-corrected chi connectivity index (χ1v) is 18.1. The fraction of sp³-hybridized carbons (Fsp3) is 0.425. The number of nitrogens with zero attached hydrogens (tertiary/aromatic N) is 3. The van der Waals surface area contributed by atoms with E-state index in [2.05, 4.69) is 15.2 Å². The normalized spacial score (nSPS) is 17.1. The minimum absolute atomic E-state index is 0.00311. The molecule has 0 spiro atoms. The van der Waals surface area contributed by atoms with Crippen molar-refractivity contribution in [1.82, 2.24) is 20.1 Å². The number of Topliss-reactive ketones (excluding diaryl/α,β-unsaturated/α-hetero) is 1. The highest BCUT2D eigenvalue weighted by atomic mass is 16.5. The molecular formula is C40H49N5O8. The smallest absolute Gasteiger partial charge is 0.371 e. The maximum Gasteiger partial charge on any atom is 0.371 e. The van der Waals surface area contributed by atoms with E-state index in [1.54, 1.807) is 29.3 Å². The molecule has 2 saturated heterocycles. The minimum Gasteiger partial charge on any atom is -0.492 e. The van der Waals surface area contributed by atoms with Crippen molar-refractivity contribution in [2.24, 2.45) is 11.7 Å². The second-order valence-electron chi connectivity index (χ2n) is 13.7. The van der Waals surface area contributed by atoms with Gasteiger partial charge in [0.15, 0.2) is 5.78 Å². The van der Waals surface area contributed by atoms with Crippen LogP contribution in [-0.2, 0) is 25.5 Å². The first-order chi connectivity index (χ1) is 25.5. The summed E-state index contributed by atoms with van der Waals surface area (Å²) < 4.78 is 16.2. The number of hydrogen-bond donors (Lipinski definition) is 3. The van der Waals surface area contributed by atoms with E-state index in [1.165, 1.54) is 6.07 Å². The summed E-state index contributed by atoms with van der Waals surface area (Å²) in [7, 11) is 0. The highest BCUT2D eigenvalue weighted by molar-refractivity contribution is 5.94. The van der Waals surface area contributed by atoms with E-state index in [0.717, 1.165) is 55.1 Å². The quantitative estimate of drug-likeness (QED) is 0.191. The summed E-state index contributed by atoms with van der Waals surface area (Å²) in [6.07, 6.45) is 3.67. The van der Waals surface area contributed by atoms with Gasteiger partial charge in [-0.15, -0.1) is 0 Å². The molecule has 0 radical (unpaired) electrons. The van der Waals surface area contributed by atoms with E-state index in [-0.39, 0.29) is 36.3 Å². The van der Waals surface area contributed by atoms with Gasteiger partial charge >= 0.3 is 5.97 Å². The topological polar surface area (TPSA) is 178 Å². The number of ether oxygens (including phenoxy) is 2. The van der Waals surface area contributed by atoms with Gasteiger partial charge in [-0.25, -0.2) is 4.79 Å². The van der Waals surface area contributed by atoms with E-state index in [9.17, 15) is 19.2 Å². The number of aromatic carboxylic acids is 1. The van der Waals surface area contributed by atoms with Crippen molar-refractivity contribution in [2.45, 2.75) is 51.6 Å². The van der Waals surface area contributed by atoms with Gasteiger partial charge in [-0.05, 0) is 73.2 Å². The van der Waals surface area contributed by atoms with E-state index >= 15 is 0 Å². The number of morpholine rings is 1. The van der Waals surface area contributed by atoms with Crippen molar-refractivity contribution in [2.75, 3.05) is 52.5 Å². The molecule has 4 heterocycles. The van der Waals surface area contributed by atoms with Gasteiger partial charge in [0.1, 0.15) is 17.9 Å². The maximum atomic E-state index is 12.9. The van der Waals surface area contributed by atoms with Crippen LogP contribution in [-0.4, -0.2) is 108 Å². The number of hydrogen-bond acceptors (Lipinski definition) is 10. The van der Waals surface area contributed by atoms with E-state index in [4.69, 9.17) is 24.7 Å². The van der Waals surface area contributed by atoms with Gasteiger partial charge in [0.2, 0.25) is 17.6 Å². The van der Waals surface area contributed by atoms with Crippen LogP contribution in [0.3, 0.4) is 0 Å². The van der Waals surface area contributed by atoms with E-state index < -0.39 is 18.1 Å². The monoisotopic (exact) mass is 727 g/mol. The number of furan rings is 1. The molecule has 282 valence electrons. The molecule has 4 aromatic rings. The number of carbonyl (C=O) groups is 4. The Labute approximate surface area is 309 Å². The molecular weight excluding hydrogens is 678 g/mol. The lowest BCUT2D eigenvalue weighted by atomic mass is 10.0. The molecule has 53 heavy (non-hydrogen) atoms. The van der Waals surface area contributed by atoms with Crippen molar-refractivity contribution in [3.63, 3.8) is 0 Å². The lowest BCUT2D eigenvalue weighted by molar-refractivity contribution is -0.135. The Bertz CT molecular complexity index is 1840. The second kappa shape index (κ2) is 19.1. The van der Waals surface area contributed by atoms with Crippen LogP contribution in [0.5, 0.6) is 5.75 Å². The standard InChI is InChI=1S/C25H32N4O3.C15H17NO5/c1-17(2)13-20(26)25(32)28-22-10-6-12-29(16-23(22)30)24(31)15-18-7-5-8-19(14-18)21-9-3-4-11-27-21;17-15(18)14-10-11-9-12(1-2-13(11)21-14)20-8-5-16-3-6-19-7-4-16/h3-5,7-9,11,14,17,20,22H,6,10,12-13,15-16,26H2,1-2H3,(H,28,32);1-2,9-10H,3-8H2,(H,17,18)/t20-,22-;/m0./s1. The predicted octanol–water partition coefficient (Wildman–Crippen LogP) is 4.18. The first kappa shape index (κ1) is 39.1. The number of aromatic nitrogens is 1. The third-order valence-electron chi connectivity index (χ3n) is 9.11. The molecule has 6 rings (SSSR count). The lowest BCUT2D eigenvalue weighted by Gasteiger charge is -2.26. The molecule has 0 bridgehead atoms. The fourth-order valence-electron chi connectivity index (χ4n) is 6.28. The average Bonchev–Trinajstić information content (AvgIpc) is 3.50. The Morgan fingerprint density at radius 3 is 2.58 bits per heavy atom. The number of rotatable bonds is 12. The SMILES string of the molecule is CC(C)C[C@H](N)C(=O)N[C@H]1CCCN(C(=O)Cc2cccc(-c3ccccn3)c2)CC1=O.O=C(O)c1cc2cc(OCCN3CCOCC3)ccc2o1. The third-order valence-corrected chi connectivity index (χ3v) is 9.11. The Balaban J connectivity index is 0.000000222. The molecule has 2 aromatic heterocycles. The molecule has 2 atom stereocenters. The van der Waals surface area contributed by atoms with Gasteiger partial charge in [-0.3, -0.25) is 24.3 Å². The molecule has 4 N–H and O–H groups in total. The van der Waals surface area contributed by atoms with Crippen molar-refractivity contribution < 1.29 is 38.2 Å². The number of nitrogens with two attached hydrogens (primary N) is 1. The summed E-state index contributed by atoms with van der Waals surface area (Å²) >= 11 is 0. The summed E-state index contributed by atoms with van der Waals surface area (Å²) in [5.74, 6) is -0.666. The minimum atomic E-state index is -1.07. The largest absolute Gasteiger partial charge is 0.492 e. The van der Waals surface area contributed by atoms with Crippen molar-refractivity contribution >= 4 is 34.5 Å². The molecule has 2 aliphatic rings. The highest BCUT2D eigenvalue weighted by Gasteiger charge is 2.29. The summed E-state index contributed by atoms with van der Waals surface area (Å²) in [6.45, 7) is 9.37. The number of benzene rings is 2. The number of carboxylic acid groups (broad SMARTS) is 1. The summed E-state index contributed by atoms with van der Waals surface area (Å²) in [6, 6.07) is 19.0. The summed E-state index contributed by atoms with van der Waals surface area (Å²) in [4.78, 5) is 57.1. The Morgan fingerprint density at radius 2 is 1.85 bits per heavy atom. The van der Waals surface area contributed by atoms with Crippen LogP contribution in [0.4, 0.5) is 0 Å². The molecule has 2 aliphatic heterocycles. The molecule has 2 amide bonds. The zero-order chi connectivity index (χ0) is 37.7. The maximum absolute atomic E-state index is 12.9. The van der Waals surface area contributed by atoms with Gasteiger partial charge < -0.3 is 34.9 Å². The number of amides is 2. The van der Waals surface area contributed by atoms with Crippen LogP contribution in [0.25, 0.3) is 22.2 Å². The van der Waals surface area contributed by atoms with Crippen molar-refractivity contribution in [3.8, 4) is 17.0 Å². The van der Waals surface area contributed by atoms with E-state index in [1.807, 2.05) is 56.3 Å². The van der Waals surface area contributed by atoms with Gasteiger partial charge in [0.25, 0.3) is 0 Å².